The molecule has 0 fully saturated rings. The van der Waals surface area contributed by atoms with E-state index in [1.807, 2.05) is 13.0 Å². The lowest BCUT2D eigenvalue weighted by molar-refractivity contribution is -0.144. The number of esters is 1. The van der Waals surface area contributed by atoms with Crippen molar-refractivity contribution in [2.45, 2.75) is 30.7 Å². The minimum atomic E-state index is -4.30. The number of nitrogens with two attached hydrogens (primary N) is 2. The zero-order chi connectivity index (χ0) is 24.6. The first-order chi connectivity index (χ1) is 16.2. The van der Waals surface area contributed by atoms with Crippen LogP contribution in [0, 0.1) is 18.3 Å². The normalized spacial score (nSPS) is 17.1. The highest BCUT2D eigenvalue weighted by molar-refractivity contribution is 7.93. The molecule has 1 aromatic heterocycles. The number of pyridine rings is 1. The minimum absolute atomic E-state index is 0.0187. The third kappa shape index (κ3) is 3.60. The van der Waals surface area contributed by atoms with Gasteiger partial charge in [0.05, 0.1) is 17.2 Å². The maximum atomic E-state index is 13.9. The van der Waals surface area contributed by atoms with Gasteiger partial charge in [-0.2, -0.15) is 5.26 Å². The fourth-order valence-corrected chi connectivity index (χ4v) is 5.78. The highest BCUT2D eigenvalue weighted by atomic mass is 32.2. The standard InChI is InChI=1S/C24H23N5O4S/c1-3-33-24(30)21-18(15-7-5-4-6-8-15)19-20(26)17(13-25)22(27)28-23(19)29(21)34(31,32)16-11-9-14(2)10-12-16/h4-12,18,21H,3H2,1-2H3,(H4,26,27,28). The molecule has 0 spiro atoms. The molecule has 34 heavy (non-hydrogen) atoms. The third-order valence-electron chi connectivity index (χ3n) is 5.75. The van der Waals surface area contributed by atoms with Gasteiger partial charge in [-0.05, 0) is 31.5 Å². The first-order valence-corrected chi connectivity index (χ1v) is 12.0. The van der Waals surface area contributed by atoms with Crippen LogP contribution >= 0.6 is 0 Å². The molecule has 0 radical (unpaired) electrons. The number of nitrogen functional groups attached to an aromatic ring is 2. The van der Waals surface area contributed by atoms with E-state index in [1.54, 1.807) is 49.4 Å². The first kappa shape index (κ1) is 23.1. The summed E-state index contributed by atoms with van der Waals surface area (Å²) in [6, 6.07) is 15.7. The topological polar surface area (TPSA) is 152 Å². The lowest BCUT2D eigenvalue weighted by atomic mass is 9.87. The number of nitrogens with zero attached hydrogens (tertiary/aromatic N) is 3. The second-order valence-electron chi connectivity index (χ2n) is 7.83. The van der Waals surface area contributed by atoms with Gasteiger partial charge in [-0.25, -0.2) is 22.5 Å². The summed E-state index contributed by atoms with van der Waals surface area (Å²) >= 11 is 0. The number of sulfonamides is 1. The molecule has 3 aromatic rings. The summed E-state index contributed by atoms with van der Waals surface area (Å²) in [5.41, 5.74) is 14.0. The van der Waals surface area contributed by atoms with Crippen LogP contribution in [0.25, 0.3) is 0 Å². The maximum Gasteiger partial charge on any atom is 0.331 e. The van der Waals surface area contributed by atoms with E-state index in [2.05, 4.69) is 4.98 Å². The lowest BCUT2D eigenvalue weighted by Crippen LogP contribution is -2.45. The number of carbonyl (C=O) groups excluding carboxylic acids is 1. The van der Waals surface area contributed by atoms with E-state index in [9.17, 15) is 18.5 Å². The molecule has 1 aliphatic heterocycles. The van der Waals surface area contributed by atoms with Crippen molar-refractivity contribution >= 4 is 33.3 Å². The van der Waals surface area contributed by atoms with Gasteiger partial charge in [0.1, 0.15) is 17.5 Å². The molecular formula is C24H23N5O4S. The van der Waals surface area contributed by atoms with Gasteiger partial charge >= 0.3 is 5.97 Å². The Morgan fingerprint density at radius 1 is 1.15 bits per heavy atom. The summed E-state index contributed by atoms with van der Waals surface area (Å²) in [5, 5.41) is 9.60. The SMILES string of the molecule is CCOC(=O)C1C(c2ccccc2)c2c(nc(N)c(C#N)c2N)N1S(=O)(=O)c1ccc(C)cc1. The van der Waals surface area contributed by atoms with Crippen molar-refractivity contribution in [1.82, 2.24) is 4.98 Å². The summed E-state index contributed by atoms with van der Waals surface area (Å²) in [6.45, 7) is 3.51. The van der Waals surface area contributed by atoms with Crippen molar-refractivity contribution in [3.63, 3.8) is 0 Å². The summed E-state index contributed by atoms with van der Waals surface area (Å²) in [7, 11) is -4.30. The molecule has 10 heteroatoms. The average molecular weight is 478 g/mol. The number of hydrogen-bond acceptors (Lipinski definition) is 8. The van der Waals surface area contributed by atoms with Crippen molar-refractivity contribution in [3.8, 4) is 6.07 Å². The van der Waals surface area contributed by atoms with Crippen LogP contribution in [0.5, 0.6) is 0 Å². The van der Waals surface area contributed by atoms with Crippen LogP contribution in [0.2, 0.25) is 0 Å². The van der Waals surface area contributed by atoms with Crippen molar-refractivity contribution in [2.24, 2.45) is 0 Å². The van der Waals surface area contributed by atoms with Crippen molar-refractivity contribution in [3.05, 3.63) is 76.9 Å². The van der Waals surface area contributed by atoms with Crippen LogP contribution in [0.3, 0.4) is 0 Å². The number of carbonyl (C=O) groups is 1. The number of aryl methyl sites for hydroxylation is 1. The maximum absolute atomic E-state index is 13.9. The number of anilines is 3. The van der Waals surface area contributed by atoms with E-state index in [-0.39, 0.29) is 40.0 Å². The number of hydrogen-bond donors (Lipinski definition) is 2. The molecule has 0 aliphatic carbocycles. The van der Waals surface area contributed by atoms with Crippen LogP contribution in [0.15, 0.2) is 59.5 Å². The Hall–Kier alpha value is -4.10. The van der Waals surface area contributed by atoms with Crippen LogP contribution < -0.4 is 15.8 Å². The molecule has 4 rings (SSSR count). The quantitative estimate of drug-likeness (QED) is 0.532. The van der Waals surface area contributed by atoms with Crippen molar-refractivity contribution in [2.75, 3.05) is 22.4 Å². The Labute approximate surface area is 197 Å². The largest absolute Gasteiger partial charge is 0.464 e. The Kier molecular flexibility index (Phi) is 5.89. The predicted octanol–water partition coefficient (Wildman–Crippen LogP) is 2.70. The fourth-order valence-electron chi connectivity index (χ4n) is 4.20. The van der Waals surface area contributed by atoms with Crippen LogP contribution in [-0.4, -0.2) is 32.0 Å². The molecule has 0 bridgehead atoms. The van der Waals surface area contributed by atoms with E-state index in [0.717, 1.165) is 9.87 Å². The summed E-state index contributed by atoms with van der Waals surface area (Å²) in [4.78, 5) is 17.5. The molecule has 9 nitrogen and oxygen atoms in total. The number of ether oxygens (including phenoxy) is 1. The Balaban J connectivity index is 2.07. The third-order valence-corrected chi connectivity index (χ3v) is 7.53. The van der Waals surface area contributed by atoms with Gasteiger partial charge in [0.15, 0.2) is 11.9 Å². The second kappa shape index (κ2) is 8.68. The van der Waals surface area contributed by atoms with Gasteiger partial charge in [0.2, 0.25) is 0 Å². The van der Waals surface area contributed by atoms with E-state index >= 15 is 0 Å². The summed E-state index contributed by atoms with van der Waals surface area (Å²) < 4.78 is 34.1. The summed E-state index contributed by atoms with van der Waals surface area (Å²) in [6.07, 6.45) is 0. The molecule has 0 saturated carbocycles. The Morgan fingerprint density at radius 3 is 2.38 bits per heavy atom. The predicted molar refractivity (Wildman–Crippen MR) is 127 cm³/mol. The van der Waals surface area contributed by atoms with Crippen molar-refractivity contribution in [1.29, 1.82) is 5.26 Å². The zero-order valence-electron chi connectivity index (χ0n) is 18.6. The number of rotatable bonds is 5. The molecule has 2 unspecified atom stereocenters. The smallest absolute Gasteiger partial charge is 0.331 e. The number of benzene rings is 2. The molecule has 4 N–H and O–H groups in total. The van der Waals surface area contributed by atoms with Gasteiger partial charge in [-0.3, -0.25) is 0 Å². The lowest BCUT2D eigenvalue weighted by Gasteiger charge is -2.27. The molecule has 2 atom stereocenters. The van der Waals surface area contributed by atoms with E-state index in [4.69, 9.17) is 16.2 Å². The Morgan fingerprint density at radius 2 is 1.79 bits per heavy atom. The number of nitriles is 1. The Bertz CT molecular complexity index is 1400. The minimum Gasteiger partial charge on any atom is -0.464 e. The molecule has 2 heterocycles. The number of aromatic nitrogens is 1. The second-order valence-corrected chi connectivity index (χ2v) is 9.65. The molecule has 0 amide bonds. The van der Waals surface area contributed by atoms with Crippen LogP contribution in [-0.2, 0) is 19.6 Å². The van der Waals surface area contributed by atoms with E-state index in [0.29, 0.717) is 5.56 Å². The van der Waals surface area contributed by atoms with Gasteiger partial charge < -0.3 is 16.2 Å². The highest BCUT2D eigenvalue weighted by Gasteiger charge is 2.52. The molecule has 2 aromatic carbocycles. The van der Waals surface area contributed by atoms with E-state index in [1.165, 1.54) is 12.1 Å². The zero-order valence-corrected chi connectivity index (χ0v) is 19.4. The number of fused-ring (bicyclic) bond motifs is 1. The van der Waals surface area contributed by atoms with Crippen molar-refractivity contribution < 1.29 is 17.9 Å². The molecule has 174 valence electrons. The van der Waals surface area contributed by atoms with Gasteiger partial charge in [0.25, 0.3) is 10.0 Å². The van der Waals surface area contributed by atoms with Gasteiger partial charge in [0, 0.05) is 11.5 Å². The molecule has 1 aliphatic rings. The van der Waals surface area contributed by atoms with Crippen LogP contribution in [0.4, 0.5) is 17.3 Å². The van der Waals surface area contributed by atoms with Gasteiger partial charge in [-0.15, -0.1) is 0 Å². The average Bonchev–Trinajstić information content (AvgIpc) is 3.16. The highest BCUT2D eigenvalue weighted by Crippen LogP contribution is 2.50. The molecule has 0 saturated heterocycles. The van der Waals surface area contributed by atoms with E-state index < -0.39 is 28.0 Å². The first-order valence-electron chi connectivity index (χ1n) is 10.5. The summed E-state index contributed by atoms with van der Waals surface area (Å²) in [5.74, 6) is -1.95. The monoisotopic (exact) mass is 477 g/mol. The fraction of sp³-hybridized carbons (Fsp3) is 0.208. The van der Waals surface area contributed by atoms with Gasteiger partial charge in [-0.1, -0.05) is 48.0 Å². The van der Waals surface area contributed by atoms with Crippen LogP contribution in [0.1, 0.15) is 35.1 Å². The molecular weight excluding hydrogens is 454 g/mol.